The fraction of sp³-hybridized carbons (Fsp3) is 0.600. The molecule has 0 unspecified atom stereocenters. The highest BCUT2D eigenvalue weighted by Gasteiger charge is 2.29. The van der Waals surface area contributed by atoms with Gasteiger partial charge in [0.25, 0.3) is 11.6 Å². The molecule has 28 heavy (non-hydrogen) atoms. The van der Waals surface area contributed by atoms with Gasteiger partial charge < -0.3 is 15.0 Å². The largest absolute Gasteiger partial charge is 0.459 e. The number of rotatable bonds is 8. The molecule has 1 saturated carbocycles. The van der Waals surface area contributed by atoms with E-state index in [-0.39, 0.29) is 29.9 Å². The first-order chi connectivity index (χ1) is 13.0. The van der Waals surface area contributed by atoms with E-state index in [9.17, 15) is 19.7 Å². The molecule has 154 valence electrons. The monoisotopic (exact) mass is 391 g/mol. The molecule has 0 bridgehead atoms. The molecular weight excluding hydrogens is 362 g/mol. The van der Waals surface area contributed by atoms with Gasteiger partial charge in [0.1, 0.15) is 17.8 Å². The van der Waals surface area contributed by atoms with Crippen molar-refractivity contribution >= 4 is 23.3 Å². The van der Waals surface area contributed by atoms with Gasteiger partial charge >= 0.3 is 5.97 Å². The SMILES string of the molecule is CC[C@@H](C)N(CC(=O)OC(C)(C)C)C(=O)c1ccc(NC2CC2)c([N+](=O)[O-])c1. The number of anilines is 1. The summed E-state index contributed by atoms with van der Waals surface area (Å²) in [5.41, 5.74) is -0.210. The molecule has 0 aliphatic heterocycles. The van der Waals surface area contributed by atoms with Gasteiger partial charge in [0, 0.05) is 23.7 Å². The van der Waals surface area contributed by atoms with Gasteiger partial charge in [-0.15, -0.1) is 0 Å². The van der Waals surface area contributed by atoms with Gasteiger partial charge in [-0.3, -0.25) is 19.7 Å². The Balaban J connectivity index is 2.26. The average Bonchev–Trinajstić information content (AvgIpc) is 3.41. The van der Waals surface area contributed by atoms with Crippen LogP contribution in [0.15, 0.2) is 18.2 Å². The van der Waals surface area contributed by atoms with E-state index in [0.29, 0.717) is 12.1 Å². The fourth-order valence-corrected chi connectivity index (χ4v) is 2.71. The van der Waals surface area contributed by atoms with E-state index in [4.69, 9.17) is 4.74 Å². The average molecular weight is 391 g/mol. The second kappa shape index (κ2) is 8.58. The van der Waals surface area contributed by atoms with E-state index in [1.165, 1.54) is 11.0 Å². The normalized spacial score (nSPS) is 14.9. The zero-order valence-corrected chi connectivity index (χ0v) is 17.2. The summed E-state index contributed by atoms with van der Waals surface area (Å²) in [6.45, 7) is 8.81. The summed E-state index contributed by atoms with van der Waals surface area (Å²) in [4.78, 5) is 37.7. The van der Waals surface area contributed by atoms with E-state index in [1.807, 2.05) is 13.8 Å². The summed E-state index contributed by atoms with van der Waals surface area (Å²) in [6.07, 6.45) is 2.60. The van der Waals surface area contributed by atoms with Crippen molar-refractivity contribution in [3.05, 3.63) is 33.9 Å². The molecular formula is C20H29N3O5. The van der Waals surface area contributed by atoms with Crippen molar-refractivity contribution in [1.82, 2.24) is 4.90 Å². The third-order valence-corrected chi connectivity index (χ3v) is 4.48. The highest BCUT2D eigenvalue weighted by Crippen LogP contribution is 2.32. The van der Waals surface area contributed by atoms with Crippen LogP contribution in [0.3, 0.4) is 0 Å². The smallest absolute Gasteiger partial charge is 0.326 e. The number of hydrogen-bond acceptors (Lipinski definition) is 6. The zero-order valence-electron chi connectivity index (χ0n) is 17.2. The summed E-state index contributed by atoms with van der Waals surface area (Å²) in [5.74, 6) is -0.941. The standard InChI is InChI=1S/C20H29N3O5/c1-6-13(2)22(12-18(24)28-20(3,4)5)19(25)14-7-10-16(21-15-8-9-15)17(11-14)23(26)27/h7,10-11,13,15,21H,6,8-9,12H2,1-5H3/t13-/m1/s1. The Bertz CT molecular complexity index is 753. The quantitative estimate of drug-likeness (QED) is 0.411. The van der Waals surface area contributed by atoms with Gasteiger partial charge in [0.15, 0.2) is 0 Å². The minimum absolute atomic E-state index is 0.140. The van der Waals surface area contributed by atoms with E-state index in [1.54, 1.807) is 32.9 Å². The predicted molar refractivity (Wildman–Crippen MR) is 106 cm³/mol. The number of nitrogens with zero attached hydrogens (tertiary/aromatic N) is 2. The van der Waals surface area contributed by atoms with Crippen LogP contribution in [0.25, 0.3) is 0 Å². The molecule has 8 heteroatoms. The maximum absolute atomic E-state index is 13.0. The lowest BCUT2D eigenvalue weighted by Gasteiger charge is -2.29. The Morgan fingerprint density at radius 3 is 2.50 bits per heavy atom. The number of carbonyl (C=O) groups is 2. The van der Waals surface area contributed by atoms with Gasteiger partial charge in [-0.1, -0.05) is 6.92 Å². The number of nitro groups is 1. The van der Waals surface area contributed by atoms with Crippen molar-refractivity contribution in [3.63, 3.8) is 0 Å². The number of esters is 1. The van der Waals surface area contributed by atoms with Crippen LogP contribution < -0.4 is 5.32 Å². The van der Waals surface area contributed by atoms with E-state index in [2.05, 4.69) is 5.32 Å². The second-order valence-corrected chi connectivity index (χ2v) is 8.18. The van der Waals surface area contributed by atoms with Crippen LogP contribution in [0.1, 0.15) is 64.2 Å². The Morgan fingerprint density at radius 1 is 1.36 bits per heavy atom. The van der Waals surface area contributed by atoms with Crippen molar-refractivity contribution in [2.24, 2.45) is 0 Å². The van der Waals surface area contributed by atoms with Crippen molar-refractivity contribution in [3.8, 4) is 0 Å². The molecule has 0 radical (unpaired) electrons. The summed E-state index contributed by atoms with van der Waals surface area (Å²) in [7, 11) is 0. The lowest BCUT2D eigenvalue weighted by atomic mass is 10.1. The third-order valence-electron chi connectivity index (χ3n) is 4.48. The molecule has 1 aromatic carbocycles. The van der Waals surface area contributed by atoms with Crippen molar-refractivity contribution in [2.75, 3.05) is 11.9 Å². The topological polar surface area (TPSA) is 102 Å². The van der Waals surface area contributed by atoms with Crippen LogP contribution in [-0.4, -0.2) is 45.9 Å². The van der Waals surface area contributed by atoms with Crippen LogP contribution >= 0.6 is 0 Å². The lowest BCUT2D eigenvalue weighted by molar-refractivity contribution is -0.384. The van der Waals surface area contributed by atoms with E-state index in [0.717, 1.165) is 12.8 Å². The van der Waals surface area contributed by atoms with Gasteiger partial charge in [0.2, 0.25) is 0 Å². The minimum Gasteiger partial charge on any atom is -0.459 e. The molecule has 1 atom stereocenters. The highest BCUT2D eigenvalue weighted by molar-refractivity contribution is 5.97. The number of carbonyl (C=O) groups excluding carboxylic acids is 2. The zero-order chi connectivity index (χ0) is 21.1. The number of hydrogen-bond donors (Lipinski definition) is 1. The number of nitrogens with one attached hydrogen (secondary N) is 1. The van der Waals surface area contributed by atoms with Crippen LogP contribution in [0.2, 0.25) is 0 Å². The Hall–Kier alpha value is -2.64. The molecule has 0 aromatic heterocycles. The Labute approximate surface area is 165 Å². The van der Waals surface area contributed by atoms with Crippen molar-refractivity contribution in [1.29, 1.82) is 0 Å². The molecule has 1 aliphatic rings. The third kappa shape index (κ3) is 5.94. The van der Waals surface area contributed by atoms with Gasteiger partial charge in [-0.05, 0) is 59.1 Å². The van der Waals surface area contributed by atoms with Crippen LogP contribution in [0.4, 0.5) is 11.4 Å². The Morgan fingerprint density at radius 2 is 2.00 bits per heavy atom. The van der Waals surface area contributed by atoms with Gasteiger partial charge in [-0.2, -0.15) is 0 Å². The van der Waals surface area contributed by atoms with Crippen molar-refractivity contribution < 1.29 is 19.2 Å². The molecule has 8 nitrogen and oxygen atoms in total. The first-order valence-corrected chi connectivity index (χ1v) is 9.59. The van der Waals surface area contributed by atoms with Crippen molar-refractivity contribution in [2.45, 2.75) is 71.6 Å². The number of amides is 1. The first-order valence-electron chi connectivity index (χ1n) is 9.59. The maximum Gasteiger partial charge on any atom is 0.326 e. The van der Waals surface area contributed by atoms with Crippen LogP contribution in [0.5, 0.6) is 0 Å². The van der Waals surface area contributed by atoms with E-state index < -0.39 is 22.4 Å². The second-order valence-electron chi connectivity index (χ2n) is 8.18. The summed E-state index contributed by atoms with van der Waals surface area (Å²) < 4.78 is 5.33. The Kier molecular flexibility index (Phi) is 6.64. The first kappa shape index (κ1) is 21.7. The number of nitro benzene ring substituents is 1. The summed E-state index contributed by atoms with van der Waals surface area (Å²) >= 11 is 0. The molecule has 0 spiro atoms. The molecule has 1 aromatic rings. The molecule has 1 fully saturated rings. The molecule has 0 saturated heterocycles. The van der Waals surface area contributed by atoms with Gasteiger partial charge in [0.05, 0.1) is 4.92 Å². The predicted octanol–water partition coefficient (Wildman–Crippen LogP) is 3.75. The summed E-state index contributed by atoms with van der Waals surface area (Å²) in [5, 5.41) is 14.6. The molecule has 2 rings (SSSR count). The summed E-state index contributed by atoms with van der Waals surface area (Å²) in [6, 6.07) is 4.43. The lowest BCUT2D eigenvalue weighted by Crippen LogP contribution is -2.43. The maximum atomic E-state index is 13.0. The molecule has 1 N–H and O–H groups in total. The molecule has 1 aliphatic carbocycles. The minimum atomic E-state index is -0.657. The number of benzene rings is 1. The van der Waals surface area contributed by atoms with Crippen LogP contribution in [-0.2, 0) is 9.53 Å². The number of ether oxygens (including phenoxy) is 1. The molecule has 1 amide bonds. The highest BCUT2D eigenvalue weighted by atomic mass is 16.6. The molecule has 0 heterocycles. The van der Waals surface area contributed by atoms with E-state index >= 15 is 0 Å². The fourth-order valence-electron chi connectivity index (χ4n) is 2.71. The van der Waals surface area contributed by atoms with Gasteiger partial charge in [-0.25, -0.2) is 0 Å². The van der Waals surface area contributed by atoms with Crippen LogP contribution in [0, 0.1) is 10.1 Å².